The van der Waals surface area contributed by atoms with Crippen LogP contribution in [0.1, 0.15) is 30.8 Å². The van der Waals surface area contributed by atoms with Gasteiger partial charge in [0.25, 0.3) is 0 Å². The van der Waals surface area contributed by atoms with Gasteiger partial charge >= 0.3 is 0 Å². The number of fused-ring (bicyclic) bond motifs is 1. The normalized spacial score (nSPS) is 12.3. The summed E-state index contributed by atoms with van der Waals surface area (Å²) in [5.41, 5.74) is 2.63. The second-order valence-corrected chi connectivity index (χ2v) is 6.32. The van der Waals surface area contributed by atoms with E-state index in [1.54, 1.807) is 6.20 Å². The van der Waals surface area contributed by atoms with Gasteiger partial charge in [0, 0.05) is 23.5 Å². The Labute approximate surface area is 142 Å². The van der Waals surface area contributed by atoms with Crippen LogP contribution in [0.4, 0.5) is 0 Å². The number of hydrogen-bond donors (Lipinski definition) is 2. The van der Waals surface area contributed by atoms with Gasteiger partial charge in [0.05, 0.1) is 11.6 Å². The third-order valence-corrected chi connectivity index (χ3v) is 4.05. The molecule has 0 radical (unpaired) electrons. The number of hydrogen-bond acceptors (Lipinski definition) is 3. The molecule has 0 saturated carbocycles. The van der Waals surface area contributed by atoms with Crippen LogP contribution >= 0.6 is 15.9 Å². The zero-order valence-electron chi connectivity index (χ0n) is 12.7. The van der Waals surface area contributed by atoms with E-state index in [0.29, 0.717) is 18.5 Å². The molecule has 5 nitrogen and oxygen atoms in total. The first kappa shape index (κ1) is 15.7. The molecule has 0 bridgehead atoms. The summed E-state index contributed by atoms with van der Waals surface area (Å²) in [6, 6.07) is 11.8. The number of nitrogens with one attached hydrogen (secondary N) is 2. The summed E-state index contributed by atoms with van der Waals surface area (Å²) in [6.07, 6.45) is 2.65. The van der Waals surface area contributed by atoms with Crippen molar-refractivity contribution in [3.05, 3.63) is 58.5 Å². The van der Waals surface area contributed by atoms with Crippen LogP contribution < -0.4 is 5.32 Å². The van der Waals surface area contributed by atoms with Gasteiger partial charge in [0.1, 0.15) is 5.82 Å². The van der Waals surface area contributed by atoms with E-state index in [9.17, 15) is 4.79 Å². The molecule has 3 aromatic rings. The zero-order chi connectivity index (χ0) is 16.2. The summed E-state index contributed by atoms with van der Waals surface area (Å²) < 4.78 is 0.898. The highest BCUT2D eigenvalue weighted by atomic mass is 79.9. The monoisotopic (exact) mass is 372 g/mol. The second-order valence-electron chi connectivity index (χ2n) is 5.41. The number of nitrogens with zero attached hydrogens (tertiary/aromatic N) is 2. The maximum absolute atomic E-state index is 12.1. The Kier molecular flexibility index (Phi) is 4.71. The minimum atomic E-state index is -0.00278. The van der Waals surface area contributed by atoms with E-state index in [0.717, 1.165) is 21.4 Å². The van der Waals surface area contributed by atoms with Crippen molar-refractivity contribution >= 4 is 33.0 Å². The van der Waals surface area contributed by atoms with Gasteiger partial charge in [-0.3, -0.25) is 4.79 Å². The Morgan fingerprint density at radius 2 is 2.13 bits per heavy atom. The quantitative estimate of drug-likeness (QED) is 0.719. The van der Waals surface area contributed by atoms with Crippen LogP contribution in [0, 0.1) is 0 Å². The molecule has 0 aliphatic carbocycles. The molecule has 0 aliphatic heterocycles. The lowest BCUT2D eigenvalue weighted by Gasteiger charge is -2.13. The van der Waals surface area contributed by atoms with Crippen LogP contribution in [0.25, 0.3) is 11.2 Å². The van der Waals surface area contributed by atoms with Gasteiger partial charge < -0.3 is 10.3 Å². The van der Waals surface area contributed by atoms with Crippen molar-refractivity contribution in [1.82, 2.24) is 20.3 Å². The molecule has 0 aliphatic rings. The molecule has 0 saturated heterocycles. The van der Waals surface area contributed by atoms with Crippen molar-refractivity contribution in [3.8, 4) is 0 Å². The molecule has 6 heteroatoms. The number of carbonyl (C=O) groups is 1. The first-order chi connectivity index (χ1) is 11.1. The molecule has 2 heterocycles. The number of aryl methyl sites for hydroxylation is 1. The fraction of sp³-hybridized carbons (Fsp3) is 0.235. The first-order valence-electron chi connectivity index (χ1n) is 7.46. The first-order valence-corrected chi connectivity index (χ1v) is 8.25. The smallest absolute Gasteiger partial charge is 0.220 e. The molecule has 23 heavy (non-hydrogen) atoms. The Bertz CT molecular complexity index is 816. The maximum atomic E-state index is 12.1. The van der Waals surface area contributed by atoms with Gasteiger partial charge in [0.15, 0.2) is 5.65 Å². The van der Waals surface area contributed by atoms with Crippen LogP contribution in [0.2, 0.25) is 0 Å². The van der Waals surface area contributed by atoms with Gasteiger partial charge in [-0.15, -0.1) is 0 Å². The highest BCUT2D eigenvalue weighted by molar-refractivity contribution is 9.10. The number of H-pyrrole nitrogens is 1. The van der Waals surface area contributed by atoms with Crippen LogP contribution in [0.15, 0.2) is 47.1 Å². The molecule has 1 amide bonds. The third-order valence-electron chi connectivity index (χ3n) is 3.62. The molecule has 0 fully saturated rings. The van der Waals surface area contributed by atoms with Gasteiger partial charge in [-0.05, 0) is 34.5 Å². The van der Waals surface area contributed by atoms with Crippen LogP contribution in [-0.2, 0) is 11.2 Å². The number of amides is 1. The van der Waals surface area contributed by atoms with Crippen LogP contribution in [0.3, 0.4) is 0 Å². The number of imidazole rings is 1. The van der Waals surface area contributed by atoms with E-state index >= 15 is 0 Å². The van der Waals surface area contributed by atoms with Crippen molar-refractivity contribution < 1.29 is 4.79 Å². The molecular formula is C17H17BrN4O. The number of benzene rings is 1. The zero-order valence-corrected chi connectivity index (χ0v) is 14.3. The van der Waals surface area contributed by atoms with E-state index in [1.807, 2.05) is 43.3 Å². The van der Waals surface area contributed by atoms with Crippen LogP contribution in [0.5, 0.6) is 0 Å². The molecular weight excluding hydrogens is 356 g/mol. The fourth-order valence-corrected chi connectivity index (χ4v) is 2.74. The SMILES string of the molecule is CC(NC(=O)CCc1nc2ncc(Br)cc2[nH]1)c1ccccc1. The third kappa shape index (κ3) is 3.96. The summed E-state index contributed by atoms with van der Waals surface area (Å²) in [7, 11) is 0. The number of halogens is 1. The molecule has 1 atom stereocenters. The van der Waals surface area contributed by atoms with Gasteiger partial charge in [-0.2, -0.15) is 0 Å². The molecule has 1 aromatic carbocycles. The average molecular weight is 373 g/mol. The minimum absolute atomic E-state index is 0.00278. The largest absolute Gasteiger partial charge is 0.350 e. The van der Waals surface area contributed by atoms with E-state index in [1.165, 1.54) is 0 Å². The van der Waals surface area contributed by atoms with E-state index < -0.39 is 0 Å². The lowest BCUT2D eigenvalue weighted by molar-refractivity contribution is -0.121. The van der Waals surface area contributed by atoms with Crippen molar-refractivity contribution in [3.63, 3.8) is 0 Å². The van der Waals surface area contributed by atoms with Crippen LogP contribution in [-0.4, -0.2) is 20.9 Å². The topological polar surface area (TPSA) is 70.7 Å². The number of pyridine rings is 1. The molecule has 2 N–H and O–H groups in total. The second kappa shape index (κ2) is 6.91. The predicted octanol–water partition coefficient (Wildman–Crippen LogP) is 3.53. The van der Waals surface area contributed by atoms with E-state index in [4.69, 9.17) is 0 Å². The van der Waals surface area contributed by atoms with Gasteiger partial charge in [0.2, 0.25) is 5.91 Å². The molecule has 3 rings (SSSR count). The fourth-order valence-electron chi connectivity index (χ4n) is 2.41. The summed E-state index contributed by atoms with van der Waals surface area (Å²) in [4.78, 5) is 23.9. The Morgan fingerprint density at radius 1 is 1.35 bits per heavy atom. The van der Waals surface area contributed by atoms with Crippen molar-refractivity contribution in [1.29, 1.82) is 0 Å². The van der Waals surface area contributed by atoms with E-state index in [2.05, 4.69) is 36.2 Å². The Balaban J connectivity index is 1.57. The lowest BCUT2D eigenvalue weighted by atomic mass is 10.1. The Morgan fingerprint density at radius 3 is 2.91 bits per heavy atom. The molecule has 2 aromatic heterocycles. The standard InChI is InChI=1S/C17H17BrN4O/c1-11(12-5-3-2-4-6-12)20-16(23)8-7-15-21-14-9-13(18)10-19-17(14)22-15/h2-6,9-11H,7-8H2,1H3,(H,20,23)(H,19,21,22). The Hall–Kier alpha value is -2.21. The van der Waals surface area contributed by atoms with Gasteiger partial charge in [-0.1, -0.05) is 30.3 Å². The summed E-state index contributed by atoms with van der Waals surface area (Å²) in [5.74, 6) is 0.782. The summed E-state index contributed by atoms with van der Waals surface area (Å²) >= 11 is 3.38. The number of aromatic nitrogens is 3. The van der Waals surface area contributed by atoms with Crippen molar-refractivity contribution in [2.75, 3.05) is 0 Å². The molecule has 118 valence electrons. The summed E-state index contributed by atoms with van der Waals surface area (Å²) in [5, 5.41) is 3.01. The number of aromatic amines is 1. The highest BCUT2D eigenvalue weighted by Gasteiger charge is 2.11. The minimum Gasteiger partial charge on any atom is -0.350 e. The average Bonchev–Trinajstić information content (AvgIpc) is 2.95. The number of rotatable bonds is 5. The van der Waals surface area contributed by atoms with Gasteiger partial charge in [-0.25, -0.2) is 9.97 Å². The highest BCUT2D eigenvalue weighted by Crippen LogP contribution is 2.16. The lowest BCUT2D eigenvalue weighted by Crippen LogP contribution is -2.26. The molecule has 0 spiro atoms. The molecule has 1 unspecified atom stereocenters. The summed E-state index contributed by atoms with van der Waals surface area (Å²) in [6.45, 7) is 1.98. The number of carbonyl (C=O) groups excluding carboxylic acids is 1. The van der Waals surface area contributed by atoms with Crippen molar-refractivity contribution in [2.24, 2.45) is 0 Å². The predicted molar refractivity (Wildman–Crippen MR) is 92.9 cm³/mol. The maximum Gasteiger partial charge on any atom is 0.220 e. The van der Waals surface area contributed by atoms with E-state index in [-0.39, 0.29) is 11.9 Å². The van der Waals surface area contributed by atoms with Crippen molar-refractivity contribution in [2.45, 2.75) is 25.8 Å².